The number of fused-ring (bicyclic) bond motifs is 1. The highest BCUT2D eigenvalue weighted by molar-refractivity contribution is 6.31. The molecule has 0 unspecified atom stereocenters. The second-order valence-corrected chi connectivity index (χ2v) is 4.88. The molecule has 18 heavy (non-hydrogen) atoms. The van der Waals surface area contributed by atoms with Gasteiger partial charge in [0.15, 0.2) is 0 Å². The number of rotatable bonds is 2. The third-order valence-electron chi connectivity index (χ3n) is 2.82. The maximum absolute atomic E-state index is 11.6. The van der Waals surface area contributed by atoms with Gasteiger partial charge in [-0.2, -0.15) is 0 Å². The highest BCUT2D eigenvalue weighted by Gasteiger charge is 2.15. The Kier molecular flexibility index (Phi) is 3.32. The molecule has 1 heterocycles. The predicted octanol–water partition coefficient (Wildman–Crippen LogP) is 2.52. The SMILES string of the molecule is Cc1c(Cl)c(=O)oc2c(CN(C)C)c(O)ccc12. The maximum atomic E-state index is 11.6. The zero-order valence-corrected chi connectivity index (χ0v) is 11.2. The van der Waals surface area contributed by atoms with Crippen molar-refractivity contribution in [3.63, 3.8) is 0 Å². The second kappa shape index (κ2) is 4.63. The predicted molar refractivity (Wildman–Crippen MR) is 71.3 cm³/mol. The van der Waals surface area contributed by atoms with Crippen LogP contribution in [0, 0.1) is 6.92 Å². The van der Waals surface area contributed by atoms with Crippen molar-refractivity contribution in [1.82, 2.24) is 4.90 Å². The molecular weight excluding hydrogens is 254 g/mol. The van der Waals surface area contributed by atoms with Gasteiger partial charge in [0.25, 0.3) is 0 Å². The summed E-state index contributed by atoms with van der Waals surface area (Å²) in [5.74, 6) is 0.112. The number of benzene rings is 1. The molecule has 1 aromatic heterocycles. The third-order valence-corrected chi connectivity index (χ3v) is 3.26. The average Bonchev–Trinajstić information content (AvgIpc) is 2.30. The van der Waals surface area contributed by atoms with Crippen LogP contribution in [0.4, 0.5) is 0 Å². The fraction of sp³-hybridized carbons (Fsp3) is 0.308. The number of halogens is 1. The third kappa shape index (κ3) is 2.09. The molecule has 5 heteroatoms. The monoisotopic (exact) mass is 267 g/mol. The molecule has 1 aromatic carbocycles. The Balaban J connectivity index is 2.85. The molecule has 0 fully saturated rings. The van der Waals surface area contributed by atoms with Gasteiger partial charge in [-0.05, 0) is 38.7 Å². The quantitative estimate of drug-likeness (QED) is 0.850. The van der Waals surface area contributed by atoms with E-state index in [1.54, 1.807) is 19.1 Å². The van der Waals surface area contributed by atoms with E-state index < -0.39 is 5.63 Å². The molecule has 4 nitrogen and oxygen atoms in total. The summed E-state index contributed by atoms with van der Waals surface area (Å²) < 4.78 is 5.21. The normalized spacial score (nSPS) is 11.4. The first kappa shape index (κ1) is 12.9. The Hall–Kier alpha value is -1.52. The van der Waals surface area contributed by atoms with Crippen LogP contribution in [-0.2, 0) is 6.54 Å². The van der Waals surface area contributed by atoms with E-state index in [2.05, 4.69) is 0 Å². The summed E-state index contributed by atoms with van der Waals surface area (Å²) >= 11 is 5.88. The molecule has 0 atom stereocenters. The lowest BCUT2D eigenvalue weighted by molar-refractivity contribution is 0.383. The van der Waals surface area contributed by atoms with Crippen molar-refractivity contribution >= 4 is 22.6 Å². The molecule has 1 N–H and O–H groups in total. The molecule has 0 radical (unpaired) electrons. The van der Waals surface area contributed by atoms with Crippen molar-refractivity contribution in [3.05, 3.63) is 38.7 Å². The van der Waals surface area contributed by atoms with Crippen molar-refractivity contribution in [2.75, 3.05) is 14.1 Å². The summed E-state index contributed by atoms with van der Waals surface area (Å²) in [6, 6.07) is 3.29. The Morgan fingerprint density at radius 1 is 1.39 bits per heavy atom. The molecule has 0 aliphatic carbocycles. The Morgan fingerprint density at radius 3 is 2.67 bits per heavy atom. The van der Waals surface area contributed by atoms with E-state index in [-0.39, 0.29) is 10.8 Å². The van der Waals surface area contributed by atoms with Gasteiger partial charge in [0.05, 0.1) is 5.56 Å². The molecule has 0 bridgehead atoms. The Morgan fingerprint density at radius 2 is 2.06 bits per heavy atom. The highest BCUT2D eigenvalue weighted by Crippen LogP contribution is 2.30. The van der Waals surface area contributed by atoms with Crippen molar-refractivity contribution < 1.29 is 9.52 Å². The van der Waals surface area contributed by atoms with E-state index in [9.17, 15) is 9.90 Å². The van der Waals surface area contributed by atoms with E-state index in [0.29, 0.717) is 23.3 Å². The van der Waals surface area contributed by atoms with Crippen LogP contribution < -0.4 is 5.63 Å². The standard InChI is InChI=1S/C13H14ClNO3/c1-7-8-4-5-10(16)9(6-15(2)3)12(8)18-13(17)11(7)14/h4-5,16H,6H2,1-3H3. The van der Waals surface area contributed by atoms with Crippen LogP contribution in [0.2, 0.25) is 5.02 Å². The minimum atomic E-state index is -0.577. The van der Waals surface area contributed by atoms with Gasteiger partial charge >= 0.3 is 5.63 Å². The fourth-order valence-corrected chi connectivity index (χ4v) is 2.05. The second-order valence-electron chi connectivity index (χ2n) is 4.51. The lowest BCUT2D eigenvalue weighted by atomic mass is 10.1. The number of nitrogens with zero attached hydrogens (tertiary/aromatic N) is 1. The molecule has 2 rings (SSSR count). The van der Waals surface area contributed by atoms with E-state index in [1.165, 1.54) is 0 Å². The van der Waals surface area contributed by atoms with Gasteiger partial charge in [-0.15, -0.1) is 0 Å². The zero-order chi connectivity index (χ0) is 13.4. The molecular formula is C13H14ClNO3. The van der Waals surface area contributed by atoms with Gasteiger partial charge in [0.1, 0.15) is 16.4 Å². The van der Waals surface area contributed by atoms with Crippen molar-refractivity contribution in [1.29, 1.82) is 0 Å². The van der Waals surface area contributed by atoms with Crippen LogP contribution in [-0.4, -0.2) is 24.1 Å². The van der Waals surface area contributed by atoms with E-state index >= 15 is 0 Å². The lowest BCUT2D eigenvalue weighted by Crippen LogP contribution is -2.12. The number of hydrogen-bond donors (Lipinski definition) is 1. The first-order valence-corrected chi connectivity index (χ1v) is 5.88. The smallest absolute Gasteiger partial charge is 0.355 e. The summed E-state index contributed by atoms with van der Waals surface area (Å²) in [6.07, 6.45) is 0. The van der Waals surface area contributed by atoms with Gasteiger partial charge in [-0.25, -0.2) is 4.79 Å². The first-order chi connectivity index (χ1) is 8.41. The minimum Gasteiger partial charge on any atom is -0.507 e. The van der Waals surface area contributed by atoms with Crippen LogP contribution in [0.5, 0.6) is 5.75 Å². The maximum Gasteiger partial charge on any atom is 0.355 e. The van der Waals surface area contributed by atoms with E-state index in [1.807, 2.05) is 19.0 Å². The Bertz CT molecular complexity index is 661. The summed E-state index contributed by atoms with van der Waals surface area (Å²) in [4.78, 5) is 13.5. The molecule has 0 amide bonds. The summed E-state index contributed by atoms with van der Waals surface area (Å²) in [5, 5.41) is 10.7. The highest BCUT2D eigenvalue weighted by atomic mass is 35.5. The van der Waals surface area contributed by atoms with Crippen LogP contribution in [0.25, 0.3) is 11.0 Å². The number of aromatic hydroxyl groups is 1. The fourth-order valence-electron chi connectivity index (χ4n) is 1.91. The molecule has 0 spiro atoms. The van der Waals surface area contributed by atoms with Crippen molar-refractivity contribution in [3.8, 4) is 5.75 Å². The zero-order valence-electron chi connectivity index (χ0n) is 10.5. The van der Waals surface area contributed by atoms with Crippen LogP contribution in [0.3, 0.4) is 0 Å². The van der Waals surface area contributed by atoms with Crippen LogP contribution >= 0.6 is 11.6 Å². The topological polar surface area (TPSA) is 53.7 Å². The summed E-state index contributed by atoms with van der Waals surface area (Å²) in [6.45, 7) is 2.24. The molecule has 0 saturated carbocycles. The molecule has 2 aromatic rings. The number of aryl methyl sites for hydroxylation is 1. The van der Waals surface area contributed by atoms with Gasteiger partial charge < -0.3 is 14.4 Å². The molecule has 0 aliphatic heterocycles. The van der Waals surface area contributed by atoms with Crippen molar-refractivity contribution in [2.45, 2.75) is 13.5 Å². The largest absolute Gasteiger partial charge is 0.507 e. The van der Waals surface area contributed by atoms with E-state index in [0.717, 1.165) is 5.39 Å². The summed E-state index contributed by atoms with van der Waals surface area (Å²) in [7, 11) is 3.75. The number of phenolic OH excluding ortho intramolecular Hbond substituents is 1. The van der Waals surface area contributed by atoms with Crippen molar-refractivity contribution in [2.24, 2.45) is 0 Å². The van der Waals surface area contributed by atoms with Crippen LogP contribution in [0.15, 0.2) is 21.3 Å². The van der Waals surface area contributed by atoms with Gasteiger partial charge in [0, 0.05) is 11.9 Å². The first-order valence-electron chi connectivity index (χ1n) is 5.50. The van der Waals surface area contributed by atoms with Gasteiger partial charge in [0.2, 0.25) is 0 Å². The molecule has 96 valence electrons. The Labute approximate surface area is 109 Å². The van der Waals surface area contributed by atoms with Crippen LogP contribution in [0.1, 0.15) is 11.1 Å². The number of phenols is 1. The summed E-state index contributed by atoms with van der Waals surface area (Å²) in [5.41, 5.74) is 1.08. The van der Waals surface area contributed by atoms with Gasteiger partial charge in [-0.1, -0.05) is 11.6 Å². The lowest BCUT2D eigenvalue weighted by Gasteiger charge is -2.13. The van der Waals surface area contributed by atoms with Gasteiger partial charge in [-0.3, -0.25) is 0 Å². The average molecular weight is 268 g/mol. The number of hydrogen-bond acceptors (Lipinski definition) is 4. The molecule has 0 aliphatic rings. The van der Waals surface area contributed by atoms with E-state index in [4.69, 9.17) is 16.0 Å². The molecule has 0 saturated heterocycles. The minimum absolute atomic E-state index is 0.0870.